The summed E-state index contributed by atoms with van der Waals surface area (Å²) in [5.41, 5.74) is 0. The van der Waals surface area contributed by atoms with E-state index in [9.17, 15) is 0 Å². The van der Waals surface area contributed by atoms with Crippen LogP contribution in [0.5, 0.6) is 0 Å². The minimum atomic E-state index is -5.17. The largest absolute Gasteiger partial charge is 1.00 e. The topological polar surface area (TPSA) is 80.3 Å². The van der Waals surface area contributed by atoms with E-state index in [0.29, 0.717) is 0 Å². The predicted molar refractivity (Wildman–Crippen MR) is 11.6 cm³/mol. The van der Waals surface area contributed by atoms with Gasteiger partial charge >= 0.3 is 1.43 Å². The third kappa shape index (κ3) is 225. The average molecular weight is 200 g/mol. The van der Waals surface area contributed by atoms with Crippen LogP contribution in [-0.4, -0.2) is 17.5 Å². The quantitative estimate of drug-likeness (QED) is 0.278. The van der Waals surface area contributed by atoms with Crippen LogP contribution in [0.1, 0.15) is 1.43 Å². The maximum absolute atomic E-state index is 8.52. The normalized spacial score (nSPS) is 9.67. The first-order chi connectivity index (χ1) is 2.00. The Kier molecular flexibility index (Phi) is 4.25. The van der Waals surface area contributed by atoms with Crippen LogP contribution in [0.25, 0.3) is 0 Å². The zero-order chi connectivity index (χ0) is 4.50. The first kappa shape index (κ1) is 9.71. The second-order valence-electron chi connectivity index (χ2n) is 0.408. The van der Waals surface area contributed by atoms with Crippen LogP contribution in [-0.2, 0) is 29.9 Å². The van der Waals surface area contributed by atoms with Gasteiger partial charge in [-0.15, -0.1) is 0 Å². The molecule has 1 radical (unpaired) electrons. The van der Waals surface area contributed by atoms with Crippen molar-refractivity contribution in [1.82, 2.24) is 0 Å². The van der Waals surface area contributed by atoms with Gasteiger partial charge in [0.05, 0.1) is 0 Å². The van der Waals surface area contributed by atoms with Gasteiger partial charge in [-0.1, -0.05) is 0 Å². The molecule has 6 heavy (non-hydrogen) atoms. The van der Waals surface area contributed by atoms with Crippen molar-refractivity contribution in [3.63, 3.8) is 0 Å². The van der Waals surface area contributed by atoms with Crippen LogP contribution < -0.4 is 0 Å². The summed E-state index contributed by atoms with van der Waals surface area (Å²) in [5.74, 6) is 0. The minimum absolute atomic E-state index is 0. The van der Waals surface area contributed by atoms with Gasteiger partial charge in [-0.05, 0) is 0 Å². The van der Waals surface area contributed by atoms with Gasteiger partial charge in [0.1, 0.15) is 0 Å². The molecule has 0 aromatic carbocycles. The van der Waals surface area contributed by atoms with E-state index in [-0.39, 0.29) is 20.9 Å². The fourth-order valence-electron chi connectivity index (χ4n) is 0. The summed E-state index contributed by atoms with van der Waals surface area (Å²) in [7, 11) is -5.17. The fraction of sp³-hybridized carbons (Fsp3) is 0. The molecular weight excluding hydrogens is 199 g/mol. The van der Waals surface area contributed by atoms with Gasteiger partial charge in [0, 0.05) is 29.9 Å². The SMILES string of the molecule is O=S(=O)([O-])[O-].[H+].[Rh]. The summed E-state index contributed by atoms with van der Waals surface area (Å²) in [6, 6.07) is 0. The molecule has 0 unspecified atom stereocenters. The third-order valence-electron chi connectivity index (χ3n) is 0. The number of rotatable bonds is 0. The molecule has 0 heterocycles. The Balaban J connectivity index is -0.0000000800. The molecule has 0 aliphatic heterocycles. The molecule has 0 aromatic rings. The van der Waals surface area contributed by atoms with E-state index in [4.69, 9.17) is 17.5 Å². The molecule has 0 amide bonds. The number of hydrogen-bond acceptors (Lipinski definition) is 4. The third-order valence-corrected chi connectivity index (χ3v) is 0. The maximum atomic E-state index is 8.52. The summed E-state index contributed by atoms with van der Waals surface area (Å²) < 4.78 is 34.1. The molecule has 0 aromatic heterocycles. The molecule has 4 nitrogen and oxygen atoms in total. The molecule has 0 spiro atoms. The average Bonchev–Trinajstić information content (AvgIpc) is 0.722. The monoisotopic (exact) mass is 200 g/mol. The van der Waals surface area contributed by atoms with Crippen molar-refractivity contribution in [3.8, 4) is 0 Å². The molecule has 0 rings (SSSR count). The maximum Gasteiger partial charge on any atom is 1.00 e. The van der Waals surface area contributed by atoms with E-state index >= 15 is 0 Å². The van der Waals surface area contributed by atoms with Crippen LogP contribution in [0.15, 0.2) is 0 Å². The predicted octanol–water partition coefficient (Wildman–Crippen LogP) is -1.23. The van der Waals surface area contributed by atoms with Crippen LogP contribution in [0.3, 0.4) is 0 Å². The summed E-state index contributed by atoms with van der Waals surface area (Å²) in [6.45, 7) is 0. The Morgan fingerprint density at radius 3 is 1.33 bits per heavy atom. The van der Waals surface area contributed by atoms with E-state index in [1.165, 1.54) is 0 Å². The van der Waals surface area contributed by atoms with Crippen LogP contribution >= 0.6 is 0 Å². The Morgan fingerprint density at radius 1 is 1.33 bits per heavy atom. The Labute approximate surface area is 49.4 Å². The van der Waals surface area contributed by atoms with Crippen molar-refractivity contribution < 1.29 is 38.4 Å². The summed E-state index contributed by atoms with van der Waals surface area (Å²) in [5, 5.41) is 0. The summed E-state index contributed by atoms with van der Waals surface area (Å²) >= 11 is 0. The summed E-state index contributed by atoms with van der Waals surface area (Å²) in [4.78, 5) is 0. The van der Waals surface area contributed by atoms with Gasteiger partial charge in [-0.2, -0.15) is 0 Å². The van der Waals surface area contributed by atoms with Crippen LogP contribution in [0, 0.1) is 0 Å². The second-order valence-corrected chi connectivity index (χ2v) is 1.22. The van der Waals surface area contributed by atoms with Crippen molar-refractivity contribution >= 4 is 10.4 Å². The molecule has 0 bridgehead atoms. The van der Waals surface area contributed by atoms with E-state index in [2.05, 4.69) is 0 Å². The zero-order valence-electron chi connectivity index (χ0n) is 3.37. The molecule has 0 fully saturated rings. The molecule has 0 atom stereocenters. The minimum Gasteiger partial charge on any atom is -0.759 e. The van der Waals surface area contributed by atoms with E-state index in [1.807, 2.05) is 0 Å². The number of hydrogen-bond donors (Lipinski definition) is 0. The standard InChI is InChI=1S/H2O4S.Rh/c1-5(2,3)4;/h(H2,1,2,3,4);/p-1. The molecule has 0 saturated carbocycles. The van der Waals surface area contributed by atoms with Crippen molar-refractivity contribution in [2.75, 3.05) is 0 Å². The van der Waals surface area contributed by atoms with Crippen LogP contribution in [0.2, 0.25) is 0 Å². The Morgan fingerprint density at radius 2 is 1.33 bits per heavy atom. The van der Waals surface area contributed by atoms with Gasteiger partial charge in [-0.3, -0.25) is 8.42 Å². The van der Waals surface area contributed by atoms with Gasteiger partial charge in [0.15, 0.2) is 0 Å². The molecule has 0 aliphatic carbocycles. The Hall–Kier alpha value is 0.493. The molecule has 0 N–H and O–H groups in total. The van der Waals surface area contributed by atoms with Crippen molar-refractivity contribution in [2.45, 2.75) is 0 Å². The Bertz CT molecular complexity index is 94.9. The second kappa shape index (κ2) is 2.63. The fourth-order valence-corrected chi connectivity index (χ4v) is 0. The summed E-state index contributed by atoms with van der Waals surface area (Å²) in [6.07, 6.45) is 0. The van der Waals surface area contributed by atoms with E-state index in [0.717, 1.165) is 0 Å². The molecule has 0 saturated heterocycles. The molecule has 0 aliphatic rings. The van der Waals surface area contributed by atoms with Gasteiger partial charge in [-0.25, -0.2) is 0 Å². The van der Waals surface area contributed by atoms with Gasteiger partial charge < -0.3 is 9.11 Å². The van der Waals surface area contributed by atoms with E-state index < -0.39 is 10.4 Å². The first-order valence-corrected chi connectivity index (χ1v) is 2.00. The van der Waals surface area contributed by atoms with Gasteiger partial charge in [0.2, 0.25) is 0 Å². The molecule has 6 heteroatoms. The van der Waals surface area contributed by atoms with Crippen molar-refractivity contribution in [3.05, 3.63) is 0 Å². The van der Waals surface area contributed by atoms with Crippen molar-refractivity contribution in [1.29, 1.82) is 0 Å². The molecule has 41 valence electrons. The van der Waals surface area contributed by atoms with Gasteiger partial charge in [0.25, 0.3) is 0 Å². The van der Waals surface area contributed by atoms with E-state index in [1.54, 1.807) is 0 Å². The molecular formula is HO4RhS-. The van der Waals surface area contributed by atoms with Crippen LogP contribution in [0.4, 0.5) is 0 Å². The zero-order valence-corrected chi connectivity index (χ0v) is 4.83. The smallest absolute Gasteiger partial charge is 0.759 e. The van der Waals surface area contributed by atoms with Crippen molar-refractivity contribution in [2.24, 2.45) is 0 Å². The first-order valence-electron chi connectivity index (χ1n) is 0.667.